The molecule has 5 nitrogen and oxygen atoms in total. The van der Waals surface area contributed by atoms with E-state index in [9.17, 15) is 0 Å². The Kier molecular flexibility index (Phi) is 10.8. The van der Waals surface area contributed by atoms with Crippen LogP contribution < -0.4 is 15.4 Å². The second kappa shape index (κ2) is 12.6. The fourth-order valence-corrected chi connectivity index (χ4v) is 2.69. The molecule has 2 aromatic carbocycles. The lowest BCUT2D eigenvalue weighted by Gasteiger charge is -2.19. The van der Waals surface area contributed by atoms with Crippen molar-refractivity contribution in [3.8, 4) is 5.75 Å². The highest BCUT2D eigenvalue weighted by atomic mass is 127. The van der Waals surface area contributed by atoms with Gasteiger partial charge in [-0.05, 0) is 31.0 Å². The normalized spacial score (nSPS) is 12.1. The zero-order valence-electron chi connectivity index (χ0n) is 16.5. The van der Waals surface area contributed by atoms with E-state index >= 15 is 0 Å². The lowest BCUT2D eigenvalue weighted by atomic mass is 10.1. The summed E-state index contributed by atoms with van der Waals surface area (Å²) in [5.41, 5.74) is 3.42. The van der Waals surface area contributed by atoms with Crippen LogP contribution in [0.5, 0.6) is 5.75 Å². The van der Waals surface area contributed by atoms with Crippen LogP contribution in [0.4, 0.5) is 0 Å². The van der Waals surface area contributed by atoms with Gasteiger partial charge in [-0.2, -0.15) is 0 Å². The highest BCUT2D eigenvalue weighted by molar-refractivity contribution is 14.0. The molecular weight excluding hydrogens is 453 g/mol. The molecule has 0 aliphatic carbocycles. The van der Waals surface area contributed by atoms with E-state index in [1.165, 1.54) is 5.56 Å². The number of nitrogens with one attached hydrogen (secondary N) is 2. The van der Waals surface area contributed by atoms with E-state index in [4.69, 9.17) is 9.47 Å². The third-order valence-electron chi connectivity index (χ3n) is 4.10. The van der Waals surface area contributed by atoms with E-state index in [2.05, 4.69) is 52.9 Å². The highest BCUT2D eigenvalue weighted by Gasteiger charge is 2.11. The summed E-state index contributed by atoms with van der Waals surface area (Å²) in [6, 6.07) is 16.4. The van der Waals surface area contributed by atoms with Crippen LogP contribution in [0.1, 0.15) is 29.7 Å². The SMILES string of the molecule is CCOc1cc(C)ccc1CNC(=NC)NCC(OC)c1ccccc1.I. The number of rotatable bonds is 8. The molecule has 2 N–H and O–H groups in total. The van der Waals surface area contributed by atoms with E-state index in [1.807, 2.05) is 25.1 Å². The zero-order chi connectivity index (χ0) is 18.8. The number of benzene rings is 2. The number of nitrogens with zero attached hydrogens (tertiary/aromatic N) is 1. The van der Waals surface area contributed by atoms with Crippen molar-refractivity contribution >= 4 is 29.9 Å². The molecule has 1 atom stereocenters. The van der Waals surface area contributed by atoms with Crippen LogP contribution in [0.15, 0.2) is 53.5 Å². The van der Waals surface area contributed by atoms with Gasteiger partial charge in [0.2, 0.25) is 0 Å². The average molecular weight is 483 g/mol. The number of aliphatic imine (C=N–C) groups is 1. The molecule has 148 valence electrons. The molecule has 6 heteroatoms. The second-order valence-corrected chi connectivity index (χ2v) is 5.99. The monoisotopic (exact) mass is 483 g/mol. The quantitative estimate of drug-likeness (QED) is 0.338. The lowest BCUT2D eigenvalue weighted by molar-refractivity contribution is 0.106. The summed E-state index contributed by atoms with van der Waals surface area (Å²) in [6.07, 6.45) is -0.0342. The maximum Gasteiger partial charge on any atom is 0.191 e. The van der Waals surface area contributed by atoms with Crippen LogP contribution in [0.25, 0.3) is 0 Å². The molecule has 0 saturated carbocycles. The Balaban J connectivity index is 0.00000364. The van der Waals surface area contributed by atoms with Crippen LogP contribution in [0, 0.1) is 6.92 Å². The van der Waals surface area contributed by atoms with Crippen molar-refractivity contribution in [1.82, 2.24) is 10.6 Å². The Morgan fingerprint density at radius 2 is 1.85 bits per heavy atom. The van der Waals surface area contributed by atoms with Crippen LogP contribution in [0.2, 0.25) is 0 Å². The summed E-state index contributed by atoms with van der Waals surface area (Å²) in [7, 11) is 3.48. The topological polar surface area (TPSA) is 54.9 Å². The first kappa shape index (κ1) is 23.2. The Morgan fingerprint density at radius 3 is 2.48 bits per heavy atom. The second-order valence-electron chi connectivity index (χ2n) is 5.99. The van der Waals surface area contributed by atoms with Gasteiger partial charge >= 0.3 is 0 Å². The number of ether oxygens (including phenoxy) is 2. The predicted octanol–water partition coefficient (Wildman–Crippen LogP) is 4.06. The van der Waals surface area contributed by atoms with Gasteiger partial charge in [0.1, 0.15) is 5.75 Å². The minimum atomic E-state index is -0.0342. The van der Waals surface area contributed by atoms with Crippen LogP contribution in [-0.4, -0.2) is 33.3 Å². The molecule has 0 saturated heterocycles. The van der Waals surface area contributed by atoms with Gasteiger partial charge in [-0.15, -0.1) is 24.0 Å². The van der Waals surface area contributed by atoms with E-state index in [1.54, 1.807) is 14.2 Å². The minimum absolute atomic E-state index is 0. The van der Waals surface area contributed by atoms with Gasteiger partial charge in [-0.3, -0.25) is 4.99 Å². The Morgan fingerprint density at radius 1 is 1.11 bits per heavy atom. The third kappa shape index (κ3) is 7.38. The van der Waals surface area contributed by atoms with Gasteiger partial charge in [0.15, 0.2) is 5.96 Å². The molecule has 0 radical (unpaired) electrons. The van der Waals surface area contributed by atoms with E-state index in [0.29, 0.717) is 19.7 Å². The standard InChI is InChI=1S/C21H29N3O2.HI/c1-5-26-19-13-16(2)11-12-18(19)14-23-21(22-3)24-15-20(25-4)17-9-7-6-8-10-17;/h6-13,20H,5,14-15H2,1-4H3,(H2,22,23,24);1H. The van der Waals surface area contributed by atoms with Crippen molar-refractivity contribution in [1.29, 1.82) is 0 Å². The average Bonchev–Trinajstić information content (AvgIpc) is 2.67. The summed E-state index contributed by atoms with van der Waals surface area (Å²) in [5, 5.41) is 6.66. The number of hydrogen-bond donors (Lipinski definition) is 2. The van der Waals surface area contributed by atoms with Crippen molar-refractivity contribution in [2.24, 2.45) is 4.99 Å². The molecule has 2 aromatic rings. The summed E-state index contributed by atoms with van der Waals surface area (Å²) >= 11 is 0. The van der Waals surface area contributed by atoms with Crippen LogP contribution in [-0.2, 0) is 11.3 Å². The van der Waals surface area contributed by atoms with Gasteiger partial charge in [0.05, 0.1) is 12.7 Å². The summed E-state index contributed by atoms with van der Waals surface area (Å²) in [6.45, 7) is 5.98. The van der Waals surface area contributed by atoms with Gasteiger partial charge in [-0.1, -0.05) is 42.5 Å². The maximum atomic E-state index is 5.74. The smallest absolute Gasteiger partial charge is 0.191 e. The van der Waals surface area contributed by atoms with Crippen molar-refractivity contribution in [2.75, 3.05) is 27.3 Å². The molecule has 0 aliphatic rings. The molecular formula is C21H30IN3O2. The molecule has 0 aromatic heterocycles. The number of aryl methyl sites for hydroxylation is 1. The molecule has 0 bridgehead atoms. The fraction of sp³-hybridized carbons (Fsp3) is 0.381. The Bertz CT molecular complexity index is 708. The lowest BCUT2D eigenvalue weighted by Crippen LogP contribution is -2.39. The summed E-state index contributed by atoms with van der Waals surface area (Å²) in [4.78, 5) is 4.29. The Hall–Kier alpha value is -1.80. The van der Waals surface area contributed by atoms with Gasteiger partial charge < -0.3 is 20.1 Å². The fourth-order valence-electron chi connectivity index (χ4n) is 2.69. The van der Waals surface area contributed by atoms with E-state index in [-0.39, 0.29) is 30.1 Å². The van der Waals surface area contributed by atoms with E-state index < -0.39 is 0 Å². The van der Waals surface area contributed by atoms with Gasteiger partial charge in [0, 0.05) is 32.8 Å². The zero-order valence-corrected chi connectivity index (χ0v) is 18.8. The van der Waals surface area contributed by atoms with Crippen molar-refractivity contribution in [2.45, 2.75) is 26.5 Å². The number of hydrogen-bond acceptors (Lipinski definition) is 3. The van der Waals surface area contributed by atoms with Crippen LogP contribution >= 0.6 is 24.0 Å². The molecule has 0 aliphatic heterocycles. The molecule has 0 spiro atoms. The summed E-state index contributed by atoms with van der Waals surface area (Å²) < 4.78 is 11.3. The molecule has 1 unspecified atom stereocenters. The first-order chi connectivity index (χ1) is 12.7. The van der Waals surface area contributed by atoms with Gasteiger partial charge in [0.25, 0.3) is 0 Å². The molecule has 0 heterocycles. The highest BCUT2D eigenvalue weighted by Crippen LogP contribution is 2.20. The first-order valence-electron chi connectivity index (χ1n) is 8.92. The largest absolute Gasteiger partial charge is 0.494 e. The molecule has 0 fully saturated rings. The number of methoxy groups -OCH3 is 1. The maximum absolute atomic E-state index is 5.74. The predicted molar refractivity (Wildman–Crippen MR) is 122 cm³/mol. The van der Waals surface area contributed by atoms with E-state index in [0.717, 1.165) is 22.8 Å². The number of guanidine groups is 1. The molecule has 0 amide bonds. The van der Waals surface area contributed by atoms with Crippen LogP contribution in [0.3, 0.4) is 0 Å². The third-order valence-corrected chi connectivity index (χ3v) is 4.10. The Labute approximate surface area is 179 Å². The molecule has 2 rings (SSSR count). The minimum Gasteiger partial charge on any atom is -0.494 e. The van der Waals surface area contributed by atoms with Crippen molar-refractivity contribution in [3.05, 3.63) is 65.2 Å². The first-order valence-corrected chi connectivity index (χ1v) is 8.92. The molecule has 27 heavy (non-hydrogen) atoms. The number of halogens is 1. The van der Waals surface area contributed by atoms with Gasteiger partial charge in [-0.25, -0.2) is 0 Å². The summed E-state index contributed by atoms with van der Waals surface area (Å²) in [5.74, 6) is 1.64. The van der Waals surface area contributed by atoms with Crippen molar-refractivity contribution in [3.63, 3.8) is 0 Å². The van der Waals surface area contributed by atoms with Crippen molar-refractivity contribution < 1.29 is 9.47 Å².